The SMILES string of the molecule is CCCCCCCCCCCOC(=O)C(C)S. The molecule has 0 radical (unpaired) electrons. The van der Waals surface area contributed by atoms with Crippen molar-refractivity contribution in [2.75, 3.05) is 6.61 Å². The largest absolute Gasteiger partial charge is 0.465 e. The van der Waals surface area contributed by atoms with E-state index in [9.17, 15) is 4.79 Å². The number of unbranched alkanes of at least 4 members (excludes halogenated alkanes) is 8. The summed E-state index contributed by atoms with van der Waals surface area (Å²) in [5, 5.41) is -0.298. The second-order valence-electron chi connectivity index (χ2n) is 4.67. The first-order chi connectivity index (χ1) is 8.18. The van der Waals surface area contributed by atoms with Crippen LogP contribution in [0.5, 0.6) is 0 Å². The normalized spacial score (nSPS) is 12.4. The molecule has 0 saturated heterocycles. The van der Waals surface area contributed by atoms with Crippen molar-refractivity contribution in [3.8, 4) is 0 Å². The van der Waals surface area contributed by atoms with E-state index < -0.39 is 0 Å². The summed E-state index contributed by atoms with van der Waals surface area (Å²) in [6.45, 7) is 4.54. The predicted octanol–water partition coefficient (Wildman–Crippen LogP) is 4.38. The molecule has 0 aromatic heterocycles. The number of rotatable bonds is 11. The minimum absolute atomic E-state index is 0.201. The summed E-state index contributed by atoms with van der Waals surface area (Å²) in [5.74, 6) is -0.201. The van der Waals surface area contributed by atoms with Gasteiger partial charge in [-0.25, -0.2) is 0 Å². The molecule has 0 amide bonds. The molecule has 0 aliphatic heterocycles. The number of hydrogen-bond acceptors (Lipinski definition) is 3. The van der Waals surface area contributed by atoms with Crippen molar-refractivity contribution < 1.29 is 9.53 Å². The van der Waals surface area contributed by atoms with Crippen molar-refractivity contribution in [2.45, 2.75) is 76.9 Å². The lowest BCUT2D eigenvalue weighted by atomic mass is 10.1. The molecule has 0 aromatic carbocycles. The second kappa shape index (κ2) is 12.3. The van der Waals surface area contributed by atoms with Crippen molar-refractivity contribution in [1.29, 1.82) is 0 Å². The summed E-state index contributed by atoms with van der Waals surface area (Å²) in [6.07, 6.45) is 11.5. The summed E-state index contributed by atoms with van der Waals surface area (Å²) < 4.78 is 5.05. The number of hydrogen-bond donors (Lipinski definition) is 1. The van der Waals surface area contributed by atoms with Gasteiger partial charge < -0.3 is 4.74 Å². The molecule has 0 aromatic rings. The van der Waals surface area contributed by atoms with Gasteiger partial charge in [-0.1, -0.05) is 58.3 Å². The highest BCUT2D eigenvalue weighted by Gasteiger charge is 2.07. The summed E-state index contributed by atoms with van der Waals surface area (Å²) in [4.78, 5) is 11.1. The molecule has 102 valence electrons. The quantitative estimate of drug-likeness (QED) is 0.339. The first-order valence-corrected chi connectivity index (χ1v) is 7.54. The molecular weight excluding hydrogens is 232 g/mol. The standard InChI is InChI=1S/C14H28O2S/c1-3-4-5-6-7-8-9-10-11-12-16-14(15)13(2)17/h13,17H,3-12H2,1-2H3. The molecule has 17 heavy (non-hydrogen) atoms. The van der Waals surface area contributed by atoms with Gasteiger partial charge in [0.15, 0.2) is 0 Å². The van der Waals surface area contributed by atoms with Crippen LogP contribution in [0, 0.1) is 0 Å². The van der Waals surface area contributed by atoms with Crippen LogP contribution < -0.4 is 0 Å². The summed E-state index contributed by atoms with van der Waals surface area (Å²) in [5.41, 5.74) is 0. The average Bonchev–Trinajstić information content (AvgIpc) is 2.31. The molecule has 2 nitrogen and oxygen atoms in total. The molecule has 1 unspecified atom stereocenters. The summed E-state index contributed by atoms with van der Waals surface area (Å²) in [6, 6.07) is 0. The van der Waals surface area contributed by atoms with Gasteiger partial charge in [0.05, 0.1) is 11.9 Å². The van der Waals surface area contributed by atoms with Crippen molar-refractivity contribution >= 4 is 18.6 Å². The van der Waals surface area contributed by atoms with Crippen LogP contribution in [0.25, 0.3) is 0 Å². The Balaban J connectivity index is 3.06. The van der Waals surface area contributed by atoms with E-state index >= 15 is 0 Å². The number of ether oxygens (including phenoxy) is 1. The molecule has 0 fully saturated rings. The maximum atomic E-state index is 11.1. The van der Waals surface area contributed by atoms with E-state index in [1.54, 1.807) is 6.92 Å². The molecule has 0 N–H and O–H groups in total. The third-order valence-corrected chi connectivity index (χ3v) is 3.04. The zero-order valence-corrected chi connectivity index (χ0v) is 12.3. The zero-order valence-electron chi connectivity index (χ0n) is 11.4. The van der Waals surface area contributed by atoms with Gasteiger partial charge in [-0.15, -0.1) is 0 Å². The van der Waals surface area contributed by atoms with E-state index in [0.29, 0.717) is 6.61 Å². The topological polar surface area (TPSA) is 26.3 Å². The van der Waals surface area contributed by atoms with E-state index in [4.69, 9.17) is 4.74 Å². The summed E-state index contributed by atoms with van der Waals surface area (Å²) >= 11 is 4.02. The Morgan fingerprint density at radius 3 is 1.94 bits per heavy atom. The lowest BCUT2D eigenvalue weighted by Crippen LogP contribution is -2.15. The van der Waals surface area contributed by atoms with Gasteiger partial charge >= 0.3 is 5.97 Å². The van der Waals surface area contributed by atoms with E-state index in [0.717, 1.165) is 6.42 Å². The maximum absolute atomic E-state index is 11.1. The molecule has 1 atom stereocenters. The van der Waals surface area contributed by atoms with Gasteiger partial charge in [-0.3, -0.25) is 4.79 Å². The molecule has 0 saturated carbocycles. The van der Waals surface area contributed by atoms with Crippen molar-refractivity contribution in [3.63, 3.8) is 0 Å². The van der Waals surface area contributed by atoms with E-state index in [1.807, 2.05) is 0 Å². The van der Waals surface area contributed by atoms with Gasteiger partial charge in [-0.2, -0.15) is 12.6 Å². The van der Waals surface area contributed by atoms with E-state index in [-0.39, 0.29) is 11.2 Å². The lowest BCUT2D eigenvalue weighted by molar-refractivity contribution is -0.142. The van der Waals surface area contributed by atoms with Crippen LogP contribution in [0.1, 0.15) is 71.6 Å². The third-order valence-electron chi connectivity index (χ3n) is 2.83. The molecule has 0 bridgehead atoms. The Bertz CT molecular complexity index is 181. The minimum atomic E-state index is -0.298. The van der Waals surface area contributed by atoms with Gasteiger partial charge in [0.2, 0.25) is 0 Å². The lowest BCUT2D eigenvalue weighted by Gasteiger charge is -2.06. The number of carbonyl (C=O) groups excluding carboxylic acids is 1. The van der Waals surface area contributed by atoms with Crippen LogP contribution in [-0.2, 0) is 9.53 Å². The number of carbonyl (C=O) groups is 1. The Morgan fingerprint density at radius 2 is 1.47 bits per heavy atom. The predicted molar refractivity (Wildman–Crippen MR) is 76.6 cm³/mol. The van der Waals surface area contributed by atoms with Gasteiger partial charge in [0, 0.05) is 0 Å². The highest BCUT2D eigenvalue weighted by molar-refractivity contribution is 7.81. The summed E-state index contributed by atoms with van der Waals surface area (Å²) in [7, 11) is 0. The fourth-order valence-corrected chi connectivity index (χ4v) is 1.78. The fraction of sp³-hybridized carbons (Fsp3) is 0.929. The highest BCUT2D eigenvalue weighted by Crippen LogP contribution is 2.09. The van der Waals surface area contributed by atoms with Crippen molar-refractivity contribution in [1.82, 2.24) is 0 Å². The Hall–Kier alpha value is -0.180. The second-order valence-corrected chi connectivity index (χ2v) is 5.45. The molecule has 0 aliphatic rings. The molecular formula is C14H28O2S. The molecule has 3 heteroatoms. The van der Waals surface area contributed by atoms with Crippen LogP contribution >= 0.6 is 12.6 Å². The molecule has 0 aliphatic carbocycles. The first kappa shape index (κ1) is 16.8. The monoisotopic (exact) mass is 260 g/mol. The van der Waals surface area contributed by atoms with E-state index in [2.05, 4.69) is 19.6 Å². The van der Waals surface area contributed by atoms with E-state index in [1.165, 1.54) is 51.4 Å². The molecule has 0 rings (SSSR count). The zero-order chi connectivity index (χ0) is 12.9. The Labute approximate surface area is 112 Å². The van der Waals surface area contributed by atoms with Gasteiger partial charge in [0.1, 0.15) is 0 Å². The van der Waals surface area contributed by atoms with Gasteiger partial charge in [-0.05, 0) is 13.3 Å². The van der Waals surface area contributed by atoms with Crippen molar-refractivity contribution in [3.05, 3.63) is 0 Å². The Morgan fingerprint density at radius 1 is 1.00 bits per heavy atom. The van der Waals surface area contributed by atoms with Crippen LogP contribution in [0.4, 0.5) is 0 Å². The number of thiol groups is 1. The Kier molecular flexibility index (Phi) is 12.2. The fourth-order valence-electron chi connectivity index (χ4n) is 1.71. The van der Waals surface area contributed by atoms with Crippen LogP contribution in [0.15, 0.2) is 0 Å². The maximum Gasteiger partial charge on any atom is 0.318 e. The molecule has 0 spiro atoms. The van der Waals surface area contributed by atoms with Gasteiger partial charge in [0.25, 0.3) is 0 Å². The smallest absolute Gasteiger partial charge is 0.318 e. The van der Waals surface area contributed by atoms with Crippen LogP contribution in [-0.4, -0.2) is 17.8 Å². The average molecular weight is 260 g/mol. The van der Waals surface area contributed by atoms with Crippen LogP contribution in [0.3, 0.4) is 0 Å². The highest BCUT2D eigenvalue weighted by atomic mass is 32.1. The van der Waals surface area contributed by atoms with Crippen molar-refractivity contribution in [2.24, 2.45) is 0 Å². The third kappa shape index (κ3) is 12.1. The minimum Gasteiger partial charge on any atom is -0.465 e. The molecule has 0 heterocycles. The van der Waals surface area contributed by atoms with Crippen LogP contribution in [0.2, 0.25) is 0 Å². The number of esters is 1. The first-order valence-electron chi connectivity index (χ1n) is 7.03.